The van der Waals surface area contributed by atoms with Crippen molar-refractivity contribution in [3.63, 3.8) is 0 Å². The van der Waals surface area contributed by atoms with Gasteiger partial charge in [0, 0.05) is 22.4 Å². The van der Waals surface area contributed by atoms with Crippen molar-refractivity contribution in [1.82, 2.24) is 20.1 Å². The quantitative estimate of drug-likeness (QED) is 0.497. The number of nitrogens with two attached hydrogens (primary N) is 1. The predicted molar refractivity (Wildman–Crippen MR) is 107 cm³/mol. The molecule has 9 heteroatoms. The number of halogens is 1. The summed E-state index contributed by atoms with van der Waals surface area (Å²) >= 11 is 3.43. The van der Waals surface area contributed by atoms with Crippen LogP contribution < -0.4 is 5.73 Å². The Bertz CT molecular complexity index is 904. The summed E-state index contributed by atoms with van der Waals surface area (Å²) in [4.78, 5) is 15.7. The van der Waals surface area contributed by atoms with E-state index in [1.165, 1.54) is 15.8 Å². The summed E-state index contributed by atoms with van der Waals surface area (Å²) < 4.78 is 5.41. The molecule has 0 saturated heterocycles. The fourth-order valence-corrected chi connectivity index (χ4v) is 5.33. The molecule has 0 bridgehead atoms. The predicted octanol–water partition coefficient (Wildman–Crippen LogP) is 4.18. The number of thioether (sulfide) groups is 1. The Hall–Kier alpha value is -1.22. The molecule has 140 valence electrons. The van der Waals surface area contributed by atoms with Crippen LogP contribution in [0.25, 0.3) is 10.2 Å². The Balaban J connectivity index is 0.00000196. The van der Waals surface area contributed by atoms with Gasteiger partial charge in [0.15, 0.2) is 5.82 Å². The van der Waals surface area contributed by atoms with Crippen LogP contribution in [-0.2, 0) is 12.0 Å². The number of hydrogen-bond acceptors (Lipinski definition) is 8. The van der Waals surface area contributed by atoms with E-state index in [-0.39, 0.29) is 17.9 Å². The third kappa shape index (κ3) is 3.60. The molecular weight excluding hydrogens is 390 g/mol. The van der Waals surface area contributed by atoms with Crippen molar-refractivity contribution >= 4 is 45.7 Å². The largest absolute Gasteiger partial charge is 0.339 e. The van der Waals surface area contributed by atoms with Crippen molar-refractivity contribution in [3.05, 3.63) is 28.5 Å². The van der Waals surface area contributed by atoms with Gasteiger partial charge >= 0.3 is 0 Å². The number of aromatic nitrogens is 4. The first-order valence-corrected chi connectivity index (χ1v) is 10.3. The molecule has 1 aliphatic carbocycles. The summed E-state index contributed by atoms with van der Waals surface area (Å²) in [7, 11) is 0. The van der Waals surface area contributed by atoms with Crippen LogP contribution >= 0.6 is 35.5 Å². The molecule has 0 unspecified atom stereocenters. The van der Waals surface area contributed by atoms with Gasteiger partial charge in [0.1, 0.15) is 16.2 Å². The Labute approximate surface area is 166 Å². The number of hydrogen-bond donors (Lipinski definition) is 1. The van der Waals surface area contributed by atoms with E-state index in [9.17, 15) is 0 Å². The molecule has 26 heavy (non-hydrogen) atoms. The maximum Gasteiger partial charge on any atom is 0.227 e. The van der Waals surface area contributed by atoms with Crippen molar-refractivity contribution in [2.24, 2.45) is 5.73 Å². The molecule has 3 aromatic heterocycles. The van der Waals surface area contributed by atoms with Gasteiger partial charge in [-0.1, -0.05) is 18.0 Å². The molecule has 1 fully saturated rings. The minimum atomic E-state index is -0.390. The minimum absolute atomic E-state index is 0. The summed E-state index contributed by atoms with van der Waals surface area (Å²) in [6.45, 7) is 4.26. The van der Waals surface area contributed by atoms with E-state index in [0.29, 0.717) is 18.1 Å². The Morgan fingerprint density at radius 2 is 2.04 bits per heavy atom. The third-order valence-corrected chi connectivity index (χ3v) is 7.00. The monoisotopic (exact) mass is 411 g/mol. The molecule has 1 aliphatic rings. The minimum Gasteiger partial charge on any atom is -0.339 e. The van der Waals surface area contributed by atoms with E-state index in [1.807, 2.05) is 0 Å². The molecule has 0 spiro atoms. The highest BCUT2D eigenvalue weighted by Gasteiger charge is 2.35. The molecule has 3 heterocycles. The Morgan fingerprint density at radius 1 is 1.27 bits per heavy atom. The van der Waals surface area contributed by atoms with E-state index in [4.69, 9.17) is 10.3 Å². The highest BCUT2D eigenvalue weighted by Crippen LogP contribution is 2.36. The van der Waals surface area contributed by atoms with Crippen molar-refractivity contribution in [1.29, 1.82) is 0 Å². The van der Waals surface area contributed by atoms with E-state index in [0.717, 1.165) is 41.3 Å². The van der Waals surface area contributed by atoms with Gasteiger partial charge in [-0.25, -0.2) is 9.97 Å². The van der Waals surface area contributed by atoms with E-state index in [1.54, 1.807) is 29.4 Å². The molecule has 1 saturated carbocycles. The van der Waals surface area contributed by atoms with Crippen LogP contribution in [0.5, 0.6) is 0 Å². The Morgan fingerprint density at radius 3 is 2.81 bits per heavy atom. The number of nitrogens with zero attached hydrogens (tertiary/aromatic N) is 4. The first-order chi connectivity index (χ1) is 12.1. The van der Waals surface area contributed by atoms with Crippen molar-refractivity contribution in [2.45, 2.75) is 56.5 Å². The van der Waals surface area contributed by atoms with Crippen molar-refractivity contribution in [3.8, 4) is 0 Å². The molecule has 4 rings (SSSR count). The van der Waals surface area contributed by atoms with Gasteiger partial charge in [0.2, 0.25) is 5.89 Å². The fraction of sp³-hybridized carbons (Fsp3) is 0.529. The number of aryl methyl sites for hydroxylation is 3. The lowest BCUT2D eigenvalue weighted by atomic mass is 9.99. The summed E-state index contributed by atoms with van der Waals surface area (Å²) in [5.41, 5.74) is 7.27. The van der Waals surface area contributed by atoms with Crippen LogP contribution in [0.4, 0.5) is 0 Å². The maximum atomic E-state index is 6.39. The molecular formula is C17H22ClN5OS2. The van der Waals surface area contributed by atoms with Crippen LogP contribution in [0.1, 0.15) is 47.8 Å². The lowest BCUT2D eigenvalue weighted by molar-refractivity contribution is 0.351. The van der Waals surface area contributed by atoms with Gasteiger partial charge < -0.3 is 10.3 Å². The SMILES string of the molecule is Cc1sc2ncnc(SCCc3nc(C4(N)CCCC4)no3)c2c1C.Cl. The first kappa shape index (κ1) is 19.5. The van der Waals surface area contributed by atoms with Gasteiger partial charge in [-0.2, -0.15) is 4.98 Å². The van der Waals surface area contributed by atoms with Crippen LogP contribution in [0, 0.1) is 13.8 Å². The molecule has 0 amide bonds. The van der Waals surface area contributed by atoms with Crippen LogP contribution in [0.15, 0.2) is 15.9 Å². The lowest BCUT2D eigenvalue weighted by Crippen LogP contribution is -2.34. The second-order valence-corrected chi connectivity index (χ2v) is 8.90. The molecule has 3 aromatic rings. The van der Waals surface area contributed by atoms with Gasteiger partial charge in [0.25, 0.3) is 0 Å². The van der Waals surface area contributed by atoms with Crippen LogP contribution in [0.2, 0.25) is 0 Å². The van der Waals surface area contributed by atoms with Crippen LogP contribution in [-0.4, -0.2) is 25.9 Å². The third-order valence-electron chi connectivity index (χ3n) is 4.89. The Kier molecular flexibility index (Phi) is 5.86. The van der Waals surface area contributed by atoms with E-state index >= 15 is 0 Å². The normalized spacial score (nSPS) is 16.1. The number of rotatable bonds is 5. The molecule has 0 radical (unpaired) electrons. The maximum absolute atomic E-state index is 6.39. The topological polar surface area (TPSA) is 90.7 Å². The van der Waals surface area contributed by atoms with Crippen molar-refractivity contribution < 1.29 is 4.52 Å². The van der Waals surface area contributed by atoms with Gasteiger partial charge in [0.05, 0.1) is 5.54 Å². The molecule has 0 aromatic carbocycles. The molecule has 0 aliphatic heterocycles. The molecule has 6 nitrogen and oxygen atoms in total. The lowest BCUT2D eigenvalue weighted by Gasteiger charge is -2.17. The average Bonchev–Trinajstić information content (AvgIpc) is 3.30. The van der Waals surface area contributed by atoms with Crippen molar-refractivity contribution in [2.75, 3.05) is 5.75 Å². The van der Waals surface area contributed by atoms with Gasteiger partial charge in [-0.15, -0.1) is 35.5 Å². The standard InChI is InChI=1S/C17H21N5OS2.ClH/c1-10-11(2)25-15-13(10)14(19-9-20-15)24-8-5-12-21-16(22-23-12)17(18)6-3-4-7-17;/h9H,3-8,18H2,1-2H3;1H. The average molecular weight is 412 g/mol. The van der Waals surface area contributed by atoms with Gasteiger partial charge in [-0.05, 0) is 32.3 Å². The zero-order chi connectivity index (χ0) is 17.4. The molecule has 2 N–H and O–H groups in total. The summed E-state index contributed by atoms with van der Waals surface area (Å²) in [5.74, 6) is 2.15. The summed E-state index contributed by atoms with van der Waals surface area (Å²) in [6, 6.07) is 0. The van der Waals surface area contributed by atoms with E-state index < -0.39 is 0 Å². The van der Waals surface area contributed by atoms with Crippen LogP contribution in [0.3, 0.4) is 0 Å². The highest BCUT2D eigenvalue weighted by molar-refractivity contribution is 7.99. The number of fused-ring (bicyclic) bond motifs is 1. The van der Waals surface area contributed by atoms with E-state index in [2.05, 4.69) is 34.0 Å². The first-order valence-electron chi connectivity index (χ1n) is 8.52. The smallest absolute Gasteiger partial charge is 0.227 e. The highest BCUT2D eigenvalue weighted by atomic mass is 35.5. The molecule has 0 atom stereocenters. The summed E-state index contributed by atoms with van der Waals surface area (Å²) in [5, 5.41) is 6.32. The van der Waals surface area contributed by atoms with Gasteiger partial charge in [-0.3, -0.25) is 0 Å². The second-order valence-electron chi connectivity index (χ2n) is 6.62. The number of thiophene rings is 1. The summed E-state index contributed by atoms with van der Waals surface area (Å²) in [6.07, 6.45) is 6.51. The second kappa shape index (κ2) is 7.80. The zero-order valence-corrected chi connectivity index (χ0v) is 17.3. The fourth-order valence-electron chi connectivity index (χ4n) is 3.28. The zero-order valence-electron chi connectivity index (χ0n) is 14.8.